The van der Waals surface area contributed by atoms with Crippen LogP contribution < -0.4 is 5.56 Å². The van der Waals surface area contributed by atoms with Gasteiger partial charge in [0, 0.05) is 37.2 Å². The summed E-state index contributed by atoms with van der Waals surface area (Å²) < 4.78 is 28.5. The van der Waals surface area contributed by atoms with Crippen molar-refractivity contribution in [2.24, 2.45) is 5.92 Å². The van der Waals surface area contributed by atoms with Gasteiger partial charge in [0.15, 0.2) is 0 Å². The van der Waals surface area contributed by atoms with E-state index in [2.05, 4.69) is 10.00 Å². The van der Waals surface area contributed by atoms with Crippen molar-refractivity contribution >= 4 is 0 Å². The van der Waals surface area contributed by atoms with E-state index in [4.69, 9.17) is 0 Å². The molecule has 0 bridgehead atoms. The summed E-state index contributed by atoms with van der Waals surface area (Å²) in [6.45, 7) is 2.52. The van der Waals surface area contributed by atoms with Gasteiger partial charge in [-0.1, -0.05) is 0 Å². The van der Waals surface area contributed by atoms with Crippen molar-refractivity contribution in [3.05, 3.63) is 63.1 Å². The zero-order chi connectivity index (χ0) is 17.4. The summed E-state index contributed by atoms with van der Waals surface area (Å²) in [5.74, 6) is -0.473. The predicted molar refractivity (Wildman–Crippen MR) is 90.3 cm³/mol. The summed E-state index contributed by atoms with van der Waals surface area (Å²) in [7, 11) is 0. The monoisotopic (exact) mass is 345 g/mol. The lowest BCUT2D eigenvalue weighted by Gasteiger charge is -2.39. The first-order chi connectivity index (χ1) is 12.1. The van der Waals surface area contributed by atoms with Crippen LogP contribution in [0, 0.1) is 17.6 Å². The molecule has 25 heavy (non-hydrogen) atoms. The summed E-state index contributed by atoms with van der Waals surface area (Å²) >= 11 is 0. The van der Waals surface area contributed by atoms with Crippen LogP contribution in [0.4, 0.5) is 8.78 Å². The van der Waals surface area contributed by atoms with Crippen molar-refractivity contribution in [2.75, 3.05) is 13.1 Å². The Morgan fingerprint density at radius 3 is 2.76 bits per heavy atom. The average Bonchev–Trinajstić information content (AvgIpc) is 2.56. The molecule has 0 saturated carbocycles. The summed E-state index contributed by atoms with van der Waals surface area (Å²) in [6, 6.07) is 5.28. The maximum absolute atomic E-state index is 13.7. The van der Waals surface area contributed by atoms with Gasteiger partial charge in [-0.05, 0) is 49.4 Å². The number of hydrogen-bond donors (Lipinski definition) is 0. The molecule has 132 valence electrons. The Bertz CT molecular complexity index is 843. The van der Waals surface area contributed by atoms with Crippen LogP contribution in [0.5, 0.6) is 0 Å². The maximum Gasteiger partial charge on any atom is 0.267 e. The lowest BCUT2D eigenvalue weighted by molar-refractivity contribution is 0.0752. The van der Waals surface area contributed by atoms with Crippen LogP contribution in [0.25, 0.3) is 0 Å². The van der Waals surface area contributed by atoms with Crippen LogP contribution in [0.1, 0.15) is 29.7 Å². The molecule has 2 heterocycles. The highest BCUT2D eigenvalue weighted by atomic mass is 19.1. The van der Waals surface area contributed by atoms with Crippen LogP contribution in [-0.4, -0.2) is 27.8 Å². The van der Waals surface area contributed by atoms with Crippen LogP contribution in [0.3, 0.4) is 0 Å². The Kier molecular flexibility index (Phi) is 4.37. The molecule has 0 radical (unpaired) electrons. The number of benzene rings is 1. The highest BCUT2D eigenvalue weighted by Gasteiger charge is 2.28. The Hall–Kier alpha value is -2.08. The molecule has 0 atom stereocenters. The zero-order valence-electron chi connectivity index (χ0n) is 14.0. The second kappa shape index (κ2) is 6.67. The number of fused-ring (bicyclic) bond motifs is 1. The molecule has 1 aliphatic heterocycles. The number of aryl methyl sites for hydroxylation is 2. The molecule has 2 aliphatic rings. The minimum atomic E-state index is -0.418. The fourth-order valence-corrected chi connectivity index (χ4v) is 3.80. The molecule has 1 aromatic heterocycles. The van der Waals surface area contributed by atoms with Crippen LogP contribution >= 0.6 is 0 Å². The SMILES string of the molecule is O=c1cc2c(nn1CC1CN(Cc3cc(F)ccc3F)C1)CCCC2. The molecule has 0 spiro atoms. The largest absolute Gasteiger partial charge is 0.298 e. The first kappa shape index (κ1) is 16.4. The normalized spacial score (nSPS) is 18.0. The van der Waals surface area contributed by atoms with Crippen molar-refractivity contribution in [1.82, 2.24) is 14.7 Å². The number of aromatic nitrogens is 2. The van der Waals surface area contributed by atoms with Crippen molar-refractivity contribution < 1.29 is 8.78 Å². The van der Waals surface area contributed by atoms with Gasteiger partial charge >= 0.3 is 0 Å². The molecular formula is C19H21F2N3O. The average molecular weight is 345 g/mol. The Labute approximate surface area is 145 Å². The highest BCUT2D eigenvalue weighted by molar-refractivity contribution is 5.21. The van der Waals surface area contributed by atoms with E-state index in [9.17, 15) is 13.6 Å². The van der Waals surface area contributed by atoms with Gasteiger partial charge in [-0.2, -0.15) is 5.10 Å². The van der Waals surface area contributed by atoms with Crippen LogP contribution in [0.15, 0.2) is 29.1 Å². The Morgan fingerprint density at radius 2 is 1.92 bits per heavy atom. The molecule has 1 fully saturated rings. The second-order valence-electron chi connectivity index (χ2n) is 7.14. The minimum Gasteiger partial charge on any atom is -0.298 e. The zero-order valence-corrected chi connectivity index (χ0v) is 14.0. The number of hydrogen-bond acceptors (Lipinski definition) is 3. The minimum absolute atomic E-state index is 0.0322. The molecular weight excluding hydrogens is 324 g/mol. The number of likely N-dealkylation sites (tertiary alicyclic amines) is 1. The second-order valence-corrected chi connectivity index (χ2v) is 7.14. The quantitative estimate of drug-likeness (QED) is 0.855. The third-order valence-electron chi connectivity index (χ3n) is 5.14. The number of nitrogens with zero attached hydrogens (tertiary/aromatic N) is 3. The number of rotatable bonds is 4. The number of halogens is 2. The molecule has 1 aliphatic carbocycles. The fraction of sp³-hybridized carbons (Fsp3) is 0.474. The van der Waals surface area contributed by atoms with E-state index in [0.717, 1.165) is 56.1 Å². The standard InChI is InChI=1S/C19H21F2N3O/c20-16-5-6-17(21)15(7-16)12-23-9-13(10-23)11-24-19(25)8-14-3-1-2-4-18(14)22-24/h5-8,13H,1-4,9-12H2. The summed E-state index contributed by atoms with van der Waals surface area (Å²) in [5, 5.41) is 4.55. The summed E-state index contributed by atoms with van der Waals surface area (Å²) in [6.07, 6.45) is 4.17. The first-order valence-corrected chi connectivity index (χ1v) is 8.85. The Balaban J connectivity index is 1.37. The third-order valence-corrected chi connectivity index (χ3v) is 5.14. The fourth-order valence-electron chi connectivity index (χ4n) is 3.80. The van der Waals surface area contributed by atoms with Gasteiger partial charge in [-0.15, -0.1) is 0 Å². The van der Waals surface area contributed by atoms with E-state index in [-0.39, 0.29) is 11.4 Å². The molecule has 4 nitrogen and oxygen atoms in total. The van der Waals surface area contributed by atoms with Gasteiger partial charge in [0.1, 0.15) is 11.6 Å². The van der Waals surface area contributed by atoms with Crippen molar-refractivity contribution in [3.8, 4) is 0 Å². The molecule has 2 aromatic rings. The van der Waals surface area contributed by atoms with E-state index in [1.54, 1.807) is 10.7 Å². The van der Waals surface area contributed by atoms with Gasteiger partial charge in [0.25, 0.3) is 5.56 Å². The van der Waals surface area contributed by atoms with Gasteiger partial charge in [0.05, 0.1) is 12.2 Å². The molecule has 6 heteroatoms. The molecule has 0 N–H and O–H groups in total. The van der Waals surface area contributed by atoms with Gasteiger partial charge in [-0.25, -0.2) is 13.5 Å². The third kappa shape index (κ3) is 3.49. The molecule has 0 amide bonds. The lowest BCUT2D eigenvalue weighted by Crippen LogP contribution is -2.49. The van der Waals surface area contributed by atoms with Gasteiger partial charge in [0.2, 0.25) is 0 Å². The van der Waals surface area contributed by atoms with Gasteiger partial charge in [-0.3, -0.25) is 9.69 Å². The molecule has 4 rings (SSSR count). The van der Waals surface area contributed by atoms with E-state index in [0.29, 0.717) is 24.6 Å². The van der Waals surface area contributed by atoms with E-state index >= 15 is 0 Å². The van der Waals surface area contributed by atoms with Crippen molar-refractivity contribution in [2.45, 2.75) is 38.8 Å². The van der Waals surface area contributed by atoms with E-state index in [1.807, 2.05) is 0 Å². The lowest BCUT2D eigenvalue weighted by atomic mass is 9.96. The van der Waals surface area contributed by atoms with Gasteiger partial charge < -0.3 is 0 Å². The van der Waals surface area contributed by atoms with E-state index < -0.39 is 5.82 Å². The smallest absolute Gasteiger partial charge is 0.267 e. The van der Waals surface area contributed by atoms with Crippen molar-refractivity contribution in [1.29, 1.82) is 0 Å². The molecule has 1 aromatic carbocycles. The van der Waals surface area contributed by atoms with Crippen molar-refractivity contribution in [3.63, 3.8) is 0 Å². The molecule has 1 saturated heterocycles. The highest BCUT2D eigenvalue weighted by Crippen LogP contribution is 2.22. The first-order valence-electron chi connectivity index (χ1n) is 8.85. The Morgan fingerprint density at radius 1 is 1.12 bits per heavy atom. The maximum atomic E-state index is 13.7. The summed E-state index contributed by atoms with van der Waals surface area (Å²) in [5.41, 5.74) is 2.51. The molecule has 0 unspecified atom stereocenters. The van der Waals surface area contributed by atoms with E-state index in [1.165, 1.54) is 12.1 Å². The van der Waals surface area contributed by atoms with Crippen LogP contribution in [-0.2, 0) is 25.9 Å². The van der Waals surface area contributed by atoms with Crippen LogP contribution in [0.2, 0.25) is 0 Å². The predicted octanol–water partition coefficient (Wildman–Crippen LogP) is 2.53. The topological polar surface area (TPSA) is 38.1 Å². The summed E-state index contributed by atoms with van der Waals surface area (Å²) in [4.78, 5) is 14.3.